The van der Waals surface area contributed by atoms with Gasteiger partial charge in [0, 0.05) is 5.56 Å². The van der Waals surface area contributed by atoms with Gasteiger partial charge in [-0.05, 0) is 59.1 Å². The molecule has 0 aliphatic rings. The van der Waals surface area contributed by atoms with E-state index in [1.807, 2.05) is 32.0 Å². The number of hydrazone groups is 1. The first kappa shape index (κ1) is 19.8. The fourth-order valence-corrected chi connectivity index (χ4v) is 3.23. The molecule has 2 rings (SSSR count). The van der Waals surface area contributed by atoms with Gasteiger partial charge in [-0.3, -0.25) is 4.79 Å². The molecule has 0 spiro atoms. The van der Waals surface area contributed by atoms with Gasteiger partial charge in [-0.25, -0.2) is 5.43 Å². The Morgan fingerprint density at radius 1 is 1.19 bits per heavy atom. The number of hydrogen-bond donors (Lipinski definition) is 1. The largest absolute Gasteiger partial charge is 0.493 e. The normalized spacial score (nSPS) is 10.7. The highest BCUT2D eigenvalue weighted by Gasteiger charge is 2.10. The fourth-order valence-electron chi connectivity index (χ4n) is 2.44. The molecule has 0 radical (unpaired) electrons. The Morgan fingerprint density at radius 2 is 1.96 bits per heavy atom. The number of carbonyl (C=O) groups is 1. The van der Waals surface area contributed by atoms with E-state index < -0.39 is 0 Å². The highest BCUT2D eigenvalue weighted by Crippen LogP contribution is 2.30. The quantitative estimate of drug-likeness (QED) is 0.548. The number of rotatable bonds is 7. The van der Waals surface area contributed by atoms with E-state index in [1.165, 1.54) is 6.21 Å². The number of halogens is 1. The summed E-state index contributed by atoms with van der Waals surface area (Å²) in [4.78, 5) is 12.0. The highest BCUT2D eigenvalue weighted by atomic mass is 79.9. The Labute approximate surface area is 161 Å². The van der Waals surface area contributed by atoms with E-state index in [0.717, 1.165) is 15.6 Å². The topological polar surface area (TPSA) is 69.2 Å². The Hall–Kier alpha value is -2.54. The zero-order chi connectivity index (χ0) is 19.1. The molecule has 0 aromatic heterocycles. The van der Waals surface area contributed by atoms with Gasteiger partial charge in [-0.2, -0.15) is 5.10 Å². The average Bonchev–Trinajstić information content (AvgIpc) is 2.60. The molecule has 0 heterocycles. The van der Waals surface area contributed by atoms with E-state index >= 15 is 0 Å². The van der Waals surface area contributed by atoms with Gasteiger partial charge in [0.2, 0.25) is 0 Å². The SMILES string of the molecule is COc1cccc(C=NNC(=O)COc2c(C)cc(C)cc2Br)c1OC. The van der Waals surface area contributed by atoms with Crippen LogP contribution in [0.1, 0.15) is 16.7 Å². The maximum atomic E-state index is 12.0. The van der Waals surface area contributed by atoms with Gasteiger partial charge in [-0.15, -0.1) is 0 Å². The van der Waals surface area contributed by atoms with Crippen molar-refractivity contribution >= 4 is 28.1 Å². The van der Waals surface area contributed by atoms with Gasteiger partial charge in [0.15, 0.2) is 18.1 Å². The predicted molar refractivity (Wildman–Crippen MR) is 104 cm³/mol. The molecule has 1 N–H and O–H groups in total. The van der Waals surface area contributed by atoms with E-state index in [0.29, 0.717) is 22.8 Å². The first-order chi connectivity index (χ1) is 12.5. The standard InChI is InChI=1S/C19H21BrN2O4/c1-12-8-13(2)18(15(20)9-12)26-11-17(23)22-21-10-14-6-5-7-16(24-3)19(14)25-4/h5-10H,11H2,1-4H3,(H,22,23). The molecule has 1 amide bonds. The predicted octanol–water partition coefficient (Wildman–Crippen LogP) is 3.61. The first-order valence-corrected chi connectivity index (χ1v) is 8.68. The third-order valence-electron chi connectivity index (χ3n) is 3.55. The van der Waals surface area contributed by atoms with Crippen LogP contribution in [-0.2, 0) is 4.79 Å². The van der Waals surface area contributed by atoms with Gasteiger partial charge in [0.1, 0.15) is 5.75 Å². The third kappa shape index (κ3) is 4.98. The summed E-state index contributed by atoms with van der Waals surface area (Å²) in [6.07, 6.45) is 1.49. The first-order valence-electron chi connectivity index (χ1n) is 7.88. The molecule has 6 nitrogen and oxygen atoms in total. The zero-order valence-electron chi connectivity index (χ0n) is 15.1. The number of hydrogen-bond acceptors (Lipinski definition) is 5. The summed E-state index contributed by atoms with van der Waals surface area (Å²) in [5.41, 5.74) is 5.19. The van der Waals surface area contributed by atoms with E-state index in [9.17, 15) is 4.79 Å². The van der Waals surface area contributed by atoms with Crippen LogP contribution in [0.4, 0.5) is 0 Å². The Morgan fingerprint density at radius 3 is 2.62 bits per heavy atom. The number of ether oxygens (including phenoxy) is 3. The molecule has 0 atom stereocenters. The van der Waals surface area contributed by atoms with Gasteiger partial charge in [-0.1, -0.05) is 12.1 Å². The van der Waals surface area contributed by atoms with Crippen LogP contribution in [0.2, 0.25) is 0 Å². The lowest BCUT2D eigenvalue weighted by Gasteiger charge is -2.11. The van der Waals surface area contributed by atoms with Crippen LogP contribution < -0.4 is 19.6 Å². The maximum absolute atomic E-state index is 12.0. The van der Waals surface area contributed by atoms with Crippen LogP contribution in [0.25, 0.3) is 0 Å². The molecule has 0 saturated heterocycles. The van der Waals surface area contributed by atoms with Crippen LogP contribution in [-0.4, -0.2) is 32.9 Å². The Kier molecular flexibility index (Phi) is 7.03. The second kappa shape index (κ2) is 9.24. The number of nitrogens with zero attached hydrogens (tertiary/aromatic N) is 1. The van der Waals surface area contributed by atoms with Crippen molar-refractivity contribution < 1.29 is 19.0 Å². The van der Waals surface area contributed by atoms with E-state index in [-0.39, 0.29) is 12.5 Å². The second-order valence-corrected chi connectivity index (χ2v) is 6.41. The molecule has 0 aliphatic carbocycles. The second-order valence-electron chi connectivity index (χ2n) is 5.56. The van der Waals surface area contributed by atoms with Gasteiger partial charge in [0.05, 0.1) is 24.9 Å². The molecule has 0 unspecified atom stereocenters. The van der Waals surface area contributed by atoms with Crippen molar-refractivity contribution in [3.8, 4) is 17.2 Å². The van der Waals surface area contributed by atoms with Crippen molar-refractivity contribution in [2.75, 3.05) is 20.8 Å². The van der Waals surface area contributed by atoms with Crippen molar-refractivity contribution in [1.82, 2.24) is 5.43 Å². The molecule has 2 aromatic carbocycles. The molecule has 26 heavy (non-hydrogen) atoms. The summed E-state index contributed by atoms with van der Waals surface area (Å²) < 4.78 is 16.9. The van der Waals surface area contributed by atoms with Gasteiger partial charge in [0.25, 0.3) is 5.91 Å². The van der Waals surface area contributed by atoms with E-state index in [4.69, 9.17) is 14.2 Å². The molecule has 0 saturated carbocycles. The molecule has 7 heteroatoms. The minimum absolute atomic E-state index is 0.144. The van der Waals surface area contributed by atoms with Crippen molar-refractivity contribution in [2.24, 2.45) is 5.10 Å². The van der Waals surface area contributed by atoms with Crippen molar-refractivity contribution in [2.45, 2.75) is 13.8 Å². The van der Waals surface area contributed by atoms with E-state index in [1.54, 1.807) is 26.4 Å². The van der Waals surface area contributed by atoms with Crippen LogP contribution in [0.15, 0.2) is 39.9 Å². The minimum atomic E-state index is -0.366. The lowest BCUT2D eigenvalue weighted by molar-refractivity contribution is -0.123. The summed E-state index contributed by atoms with van der Waals surface area (Å²) in [6.45, 7) is 3.78. The zero-order valence-corrected chi connectivity index (χ0v) is 16.7. The smallest absolute Gasteiger partial charge is 0.277 e. The fraction of sp³-hybridized carbons (Fsp3) is 0.263. The summed E-state index contributed by atoms with van der Waals surface area (Å²) >= 11 is 3.45. The number of amides is 1. The van der Waals surface area contributed by atoms with Crippen LogP contribution in [0.3, 0.4) is 0 Å². The van der Waals surface area contributed by atoms with E-state index in [2.05, 4.69) is 26.5 Å². The molecular weight excluding hydrogens is 400 g/mol. The minimum Gasteiger partial charge on any atom is -0.493 e. The van der Waals surface area contributed by atoms with Crippen molar-refractivity contribution in [1.29, 1.82) is 0 Å². The average molecular weight is 421 g/mol. The molecule has 0 aliphatic heterocycles. The number of aryl methyl sites for hydroxylation is 2. The lowest BCUT2D eigenvalue weighted by atomic mass is 10.1. The number of benzene rings is 2. The van der Waals surface area contributed by atoms with Crippen LogP contribution in [0, 0.1) is 13.8 Å². The Bertz CT molecular complexity index is 798. The third-order valence-corrected chi connectivity index (χ3v) is 4.14. The Balaban J connectivity index is 1.97. The molecule has 138 valence electrons. The monoisotopic (exact) mass is 420 g/mol. The number of methoxy groups -OCH3 is 2. The maximum Gasteiger partial charge on any atom is 0.277 e. The van der Waals surface area contributed by atoms with Crippen molar-refractivity contribution in [3.63, 3.8) is 0 Å². The molecule has 0 fully saturated rings. The molecular formula is C19H21BrN2O4. The molecule has 2 aromatic rings. The summed E-state index contributed by atoms with van der Waals surface area (Å²) in [5.74, 6) is 1.41. The summed E-state index contributed by atoms with van der Waals surface area (Å²) in [5, 5.41) is 3.94. The number of carbonyl (C=O) groups excluding carboxylic acids is 1. The highest BCUT2D eigenvalue weighted by molar-refractivity contribution is 9.10. The van der Waals surface area contributed by atoms with Gasteiger partial charge >= 0.3 is 0 Å². The van der Waals surface area contributed by atoms with Crippen LogP contribution in [0.5, 0.6) is 17.2 Å². The summed E-state index contributed by atoms with van der Waals surface area (Å²) in [6, 6.07) is 9.33. The van der Waals surface area contributed by atoms with Crippen molar-refractivity contribution in [3.05, 3.63) is 51.5 Å². The van der Waals surface area contributed by atoms with Crippen LogP contribution >= 0.6 is 15.9 Å². The molecule has 0 bridgehead atoms. The van der Waals surface area contributed by atoms with Gasteiger partial charge < -0.3 is 14.2 Å². The summed E-state index contributed by atoms with van der Waals surface area (Å²) in [7, 11) is 3.10. The number of nitrogens with one attached hydrogen (secondary N) is 1. The lowest BCUT2D eigenvalue weighted by Crippen LogP contribution is -2.24. The number of para-hydroxylation sites is 1.